The summed E-state index contributed by atoms with van der Waals surface area (Å²) in [7, 11) is 0. The Morgan fingerprint density at radius 2 is 1.75 bits per heavy atom. The smallest absolute Gasteiger partial charge is 0.122 e. The molecule has 2 N–H and O–H groups in total. The highest BCUT2D eigenvalue weighted by Gasteiger charge is 2.07. The van der Waals surface area contributed by atoms with Gasteiger partial charge in [0.1, 0.15) is 11.5 Å². The Morgan fingerprint density at radius 1 is 0.950 bits per heavy atom. The molecule has 0 fully saturated rings. The minimum atomic E-state index is 0.668. The second-order valence-corrected chi connectivity index (χ2v) is 4.63. The van der Waals surface area contributed by atoms with Crippen molar-refractivity contribution in [3.8, 4) is 11.4 Å². The van der Waals surface area contributed by atoms with Crippen LogP contribution in [0.3, 0.4) is 0 Å². The summed E-state index contributed by atoms with van der Waals surface area (Å²) in [5.41, 5.74) is 8.96. The van der Waals surface area contributed by atoms with E-state index in [1.165, 1.54) is 5.56 Å². The summed E-state index contributed by atoms with van der Waals surface area (Å²) >= 11 is 0. The van der Waals surface area contributed by atoms with Crippen LogP contribution in [0.25, 0.3) is 11.4 Å². The van der Waals surface area contributed by atoms with Gasteiger partial charge in [-0.2, -0.15) is 5.10 Å². The minimum Gasteiger partial charge on any atom is -0.384 e. The molecule has 3 rings (SSSR count). The molecule has 0 bridgehead atoms. The van der Waals surface area contributed by atoms with Crippen molar-refractivity contribution in [2.45, 2.75) is 13.0 Å². The summed E-state index contributed by atoms with van der Waals surface area (Å²) in [4.78, 5) is 4.29. The molecule has 0 aliphatic heterocycles. The Bertz CT molecular complexity index is 674. The van der Waals surface area contributed by atoms with Crippen LogP contribution in [0.4, 0.5) is 5.82 Å². The number of hydrogen-bond donors (Lipinski definition) is 1. The van der Waals surface area contributed by atoms with E-state index in [1.54, 1.807) is 6.20 Å². The van der Waals surface area contributed by atoms with E-state index in [2.05, 4.69) is 22.2 Å². The predicted octanol–water partition coefficient (Wildman–Crippen LogP) is 2.77. The molecule has 3 aromatic rings. The van der Waals surface area contributed by atoms with Gasteiger partial charge in [0, 0.05) is 18.8 Å². The van der Waals surface area contributed by atoms with Crippen molar-refractivity contribution < 1.29 is 0 Å². The fraction of sp³-hybridized carbons (Fsp3) is 0.125. The Morgan fingerprint density at radius 3 is 2.50 bits per heavy atom. The van der Waals surface area contributed by atoms with Gasteiger partial charge in [0.05, 0.1) is 5.69 Å². The first-order chi connectivity index (χ1) is 9.83. The first kappa shape index (κ1) is 12.4. The van der Waals surface area contributed by atoms with Gasteiger partial charge in [-0.05, 0) is 24.1 Å². The van der Waals surface area contributed by atoms with Crippen molar-refractivity contribution in [3.63, 3.8) is 0 Å². The van der Waals surface area contributed by atoms with Crippen LogP contribution >= 0.6 is 0 Å². The fourth-order valence-corrected chi connectivity index (χ4v) is 2.13. The third-order valence-corrected chi connectivity index (χ3v) is 3.19. The molecule has 0 amide bonds. The van der Waals surface area contributed by atoms with Crippen molar-refractivity contribution in [2.75, 3.05) is 5.73 Å². The number of nitrogens with two attached hydrogens (primary N) is 1. The number of aromatic nitrogens is 3. The van der Waals surface area contributed by atoms with E-state index in [0.717, 1.165) is 24.4 Å². The third-order valence-electron chi connectivity index (χ3n) is 3.19. The highest BCUT2D eigenvalue weighted by atomic mass is 15.3. The van der Waals surface area contributed by atoms with Gasteiger partial charge in [-0.1, -0.05) is 36.4 Å². The monoisotopic (exact) mass is 264 g/mol. The zero-order valence-electron chi connectivity index (χ0n) is 11.1. The molecule has 0 aliphatic rings. The molecular weight excluding hydrogens is 248 g/mol. The molecule has 4 nitrogen and oxygen atoms in total. The average Bonchev–Trinajstić information content (AvgIpc) is 2.88. The quantitative estimate of drug-likeness (QED) is 0.788. The van der Waals surface area contributed by atoms with Gasteiger partial charge in [-0.15, -0.1) is 0 Å². The van der Waals surface area contributed by atoms with E-state index < -0.39 is 0 Å². The maximum atomic E-state index is 6.02. The van der Waals surface area contributed by atoms with Gasteiger partial charge in [0.25, 0.3) is 0 Å². The molecule has 4 heteroatoms. The molecule has 2 aromatic heterocycles. The molecule has 1 aromatic carbocycles. The van der Waals surface area contributed by atoms with Crippen molar-refractivity contribution in [3.05, 3.63) is 66.4 Å². The van der Waals surface area contributed by atoms with Gasteiger partial charge in [0.15, 0.2) is 0 Å². The normalized spacial score (nSPS) is 10.6. The van der Waals surface area contributed by atoms with Gasteiger partial charge >= 0.3 is 0 Å². The number of aryl methyl sites for hydroxylation is 2. The van der Waals surface area contributed by atoms with Crippen LogP contribution < -0.4 is 5.73 Å². The minimum absolute atomic E-state index is 0.668. The summed E-state index contributed by atoms with van der Waals surface area (Å²) in [5.74, 6) is 0.668. The Labute approximate surface area is 117 Å². The Balaban J connectivity index is 1.76. The third kappa shape index (κ3) is 2.69. The average molecular weight is 264 g/mol. The second-order valence-electron chi connectivity index (χ2n) is 4.63. The SMILES string of the molecule is Nc1cc(-c2ccccn2)nn1CCc1ccccc1. The van der Waals surface area contributed by atoms with E-state index in [0.29, 0.717) is 5.82 Å². The molecule has 2 heterocycles. The molecule has 0 aliphatic carbocycles. The number of pyridine rings is 1. The lowest BCUT2D eigenvalue weighted by Gasteiger charge is -2.04. The van der Waals surface area contributed by atoms with Crippen LogP contribution in [0.5, 0.6) is 0 Å². The summed E-state index contributed by atoms with van der Waals surface area (Å²) in [6.07, 6.45) is 2.67. The Hall–Kier alpha value is -2.62. The first-order valence-electron chi connectivity index (χ1n) is 6.61. The molecule has 0 spiro atoms. The number of nitrogen functional groups attached to an aromatic ring is 1. The topological polar surface area (TPSA) is 56.7 Å². The molecule has 0 saturated heterocycles. The molecule has 20 heavy (non-hydrogen) atoms. The number of hydrogen-bond acceptors (Lipinski definition) is 3. The van der Waals surface area contributed by atoms with E-state index in [1.807, 2.05) is 47.1 Å². The molecule has 0 radical (unpaired) electrons. The van der Waals surface area contributed by atoms with Crippen molar-refractivity contribution in [2.24, 2.45) is 0 Å². The van der Waals surface area contributed by atoms with Crippen LogP contribution in [0.1, 0.15) is 5.56 Å². The summed E-state index contributed by atoms with van der Waals surface area (Å²) in [6.45, 7) is 0.767. The molecule has 0 saturated carbocycles. The molecule has 0 unspecified atom stereocenters. The highest BCUT2D eigenvalue weighted by molar-refractivity contribution is 5.57. The van der Waals surface area contributed by atoms with E-state index >= 15 is 0 Å². The lowest BCUT2D eigenvalue weighted by Crippen LogP contribution is -2.06. The van der Waals surface area contributed by atoms with Crippen LogP contribution in [-0.4, -0.2) is 14.8 Å². The van der Waals surface area contributed by atoms with Gasteiger partial charge in [0.2, 0.25) is 0 Å². The van der Waals surface area contributed by atoms with Gasteiger partial charge < -0.3 is 5.73 Å². The summed E-state index contributed by atoms with van der Waals surface area (Å²) < 4.78 is 1.83. The summed E-state index contributed by atoms with van der Waals surface area (Å²) in [6, 6.07) is 18.0. The molecule has 0 atom stereocenters. The fourth-order valence-electron chi connectivity index (χ4n) is 2.13. The van der Waals surface area contributed by atoms with Crippen LogP contribution in [0.2, 0.25) is 0 Å². The first-order valence-corrected chi connectivity index (χ1v) is 6.61. The van der Waals surface area contributed by atoms with E-state index in [4.69, 9.17) is 5.73 Å². The van der Waals surface area contributed by atoms with Crippen molar-refractivity contribution in [1.29, 1.82) is 0 Å². The zero-order valence-corrected chi connectivity index (χ0v) is 11.1. The van der Waals surface area contributed by atoms with Gasteiger partial charge in [-0.25, -0.2) is 4.68 Å². The molecule has 100 valence electrons. The van der Waals surface area contributed by atoms with Crippen molar-refractivity contribution >= 4 is 5.82 Å². The standard InChI is InChI=1S/C16H16N4/c17-16-12-15(14-8-4-5-10-18-14)19-20(16)11-9-13-6-2-1-3-7-13/h1-8,10,12H,9,11,17H2. The maximum Gasteiger partial charge on any atom is 0.122 e. The number of anilines is 1. The number of benzene rings is 1. The van der Waals surface area contributed by atoms with Crippen molar-refractivity contribution in [1.82, 2.24) is 14.8 Å². The van der Waals surface area contributed by atoms with Gasteiger partial charge in [-0.3, -0.25) is 4.98 Å². The lowest BCUT2D eigenvalue weighted by molar-refractivity contribution is 0.625. The molecular formula is C16H16N4. The predicted molar refractivity (Wildman–Crippen MR) is 80.0 cm³/mol. The van der Waals surface area contributed by atoms with Crippen LogP contribution in [-0.2, 0) is 13.0 Å². The van der Waals surface area contributed by atoms with E-state index in [9.17, 15) is 0 Å². The number of rotatable bonds is 4. The van der Waals surface area contributed by atoms with Crippen LogP contribution in [0, 0.1) is 0 Å². The second kappa shape index (κ2) is 5.57. The Kier molecular flexibility index (Phi) is 3.46. The van der Waals surface area contributed by atoms with Crippen LogP contribution in [0.15, 0.2) is 60.8 Å². The highest BCUT2D eigenvalue weighted by Crippen LogP contribution is 2.18. The lowest BCUT2D eigenvalue weighted by atomic mass is 10.1. The largest absolute Gasteiger partial charge is 0.384 e. The maximum absolute atomic E-state index is 6.02. The summed E-state index contributed by atoms with van der Waals surface area (Å²) in [5, 5.41) is 4.52. The number of nitrogens with zero attached hydrogens (tertiary/aromatic N) is 3. The zero-order chi connectivity index (χ0) is 13.8. The van der Waals surface area contributed by atoms with E-state index in [-0.39, 0.29) is 0 Å².